The summed E-state index contributed by atoms with van der Waals surface area (Å²) in [6.45, 7) is 11.3. The second-order valence-corrected chi connectivity index (χ2v) is 12.9. The molecule has 0 N–H and O–H groups in total. The van der Waals surface area contributed by atoms with Gasteiger partial charge in [0.2, 0.25) is 5.91 Å². The molecule has 0 saturated carbocycles. The molecule has 0 unspecified atom stereocenters. The summed E-state index contributed by atoms with van der Waals surface area (Å²) in [5.74, 6) is 1.21. The second-order valence-electron chi connectivity index (χ2n) is 6.77. The van der Waals surface area contributed by atoms with Crippen molar-refractivity contribution in [2.75, 3.05) is 5.75 Å². The number of rotatable bonds is 4. The molecule has 0 spiro atoms. The molecule has 20 heavy (non-hydrogen) atoms. The Balaban J connectivity index is 2.02. The lowest BCUT2D eigenvalue weighted by molar-refractivity contribution is -0.138. The van der Waals surface area contributed by atoms with Crippen LogP contribution in [0, 0.1) is 0 Å². The lowest BCUT2D eigenvalue weighted by Gasteiger charge is -2.54. The van der Waals surface area contributed by atoms with E-state index in [0.29, 0.717) is 18.4 Å². The van der Waals surface area contributed by atoms with Crippen molar-refractivity contribution in [3.63, 3.8) is 0 Å². The fraction of sp³-hybridized carbons (Fsp3) is 0.643. The smallest absolute Gasteiger partial charge is 0.217 e. The highest BCUT2D eigenvalue weighted by molar-refractivity contribution is 7.99. The second kappa shape index (κ2) is 5.48. The van der Waals surface area contributed by atoms with Crippen molar-refractivity contribution >= 4 is 25.9 Å². The van der Waals surface area contributed by atoms with Crippen LogP contribution in [0.2, 0.25) is 18.1 Å². The van der Waals surface area contributed by atoms with E-state index in [4.69, 9.17) is 0 Å². The number of aromatic nitrogens is 2. The number of amides is 1. The summed E-state index contributed by atoms with van der Waals surface area (Å²) < 4.78 is 2.18. The average Bonchev–Trinajstić information content (AvgIpc) is 2.33. The lowest BCUT2D eigenvalue weighted by atomic mass is 10.1. The zero-order valence-electron chi connectivity index (χ0n) is 12.9. The van der Waals surface area contributed by atoms with Crippen molar-refractivity contribution in [3.05, 3.63) is 18.5 Å². The standard InChI is InChI=1S/C14H23N3OSSi/c1-14(2,3)20(4,5)17-11(9-12(17)18)10-19-13-15-7-6-8-16-13/h6-8,11H,9-10H2,1-5H3/t11-/m1/s1. The van der Waals surface area contributed by atoms with Gasteiger partial charge >= 0.3 is 0 Å². The number of carbonyl (C=O) groups is 1. The van der Waals surface area contributed by atoms with Crippen molar-refractivity contribution < 1.29 is 4.79 Å². The fourth-order valence-corrected chi connectivity index (χ4v) is 5.82. The van der Waals surface area contributed by atoms with Gasteiger partial charge in [0.05, 0.1) is 0 Å². The maximum atomic E-state index is 12.1. The molecule has 4 nitrogen and oxygen atoms in total. The van der Waals surface area contributed by atoms with Crippen LogP contribution < -0.4 is 0 Å². The van der Waals surface area contributed by atoms with Crippen molar-refractivity contribution in [1.82, 2.24) is 14.5 Å². The van der Waals surface area contributed by atoms with Crippen molar-refractivity contribution in [2.24, 2.45) is 0 Å². The molecule has 0 aliphatic carbocycles. The van der Waals surface area contributed by atoms with Crippen LogP contribution in [0.1, 0.15) is 27.2 Å². The predicted octanol–water partition coefficient (Wildman–Crippen LogP) is 3.17. The molecule has 0 aromatic carbocycles. The summed E-state index contributed by atoms with van der Waals surface area (Å²) in [6, 6.07) is 2.16. The summed E-state index contributed by atoms with van der Waals surface area (Å²) in [5, 5.41) is 0.983. The number of hydrogen-bond donors (Lipinski definition) is 0. The van der Waals surface area contributed by atoms with Gasteiger partial charge in [-0.15, -0.1) is 0 Å². The minimum atomic E-state index is -1.76. The highest BCUT2D eigenvalue weighted by atomic mass is 32.2. The van der Waals surface area contributed by atoms with Crippen LogP contribution in [-0.2, 0) is 4.79 Å². The van der Waals surface area contributed by atoms with E-state index >= 15 is 0 Å². The van der Waals surface area contributed by atoms with Crippen molar-refractivity contribution in [1.29, 1.82) is 0 Å². The summed E-state index contributed by atoms with van der Waals surface area (Å²) in [6.07, 6.45) is 4.19. The monoisotopic (exact) mass is 309 g/mol. The number of β-lactam (4-membered cyclic amide) rings is 1. The zero-order valence-corrected chi connectivity index (χ0v) is 14.7. The normalized spacial score (nSPS) is 19.9. The van der Waals surface area contributed by atoms with Gasteiger partial charge in [0.15, 0.2) is 13.4 Å². The molecule has 1 saturated heterocycles. The van der Waals surface area contributed by atoms with Gasteiger partial charge in [0.25, 0.3) is 0 Å². The molecular formula is C14H23N3OSSi. The molecule has 1 aliphatic rings. The highest BCUT2D eigenvalue weighted by Crippen LogP contribution is 2.43. The minimum absolute atomic E-state index is 0.190. The Bertz CT molecular complexity index is 487. The Morgan fingerprint density at radius 2 is 1.95 bits per heavy atom. The first-order valence-electron chi connectivity index (χ1n) is 6.95. The van der Waals surface area contributed by atoms with Crippen LogP contribution in [0.3, 0.4) is 0 Å². The first-order chi connectivity index (χ1) is 9.23. The van der Waals surface area contributed by atoms with Crippen molar-refractivity contribution in [2.45, 2.75) is 56.5 Å². The number of nitrogens with zero attached hydrogens (tertiary/aromatic N) is 3. The molecule has 0 bridgehead atoms. The van der Waals surface area contributed by atoms with Crippen LogP contribution in [0.15, 0.2) is 23.6 Å². The Morgan fingerprint density at radius 3 is 2.45 bits per heavy atom. The summed E-state index contributed by atoms with van der Waals surface area (Å²) in [7, 11) is -1.76. The van der Waals surface area contributed by atoms with Crippen LogP contribution in [0.5, 0.6) is 0 Å². The van der Waals surface area contributed by atoms with Gasteiger partial charge in [-0.25, -0.2) is 9.97 Å². The number of hydrogen-bond acceptors (Lipinski definition) is 4. The molecule has 1 aliphatic heterocycles. The molecule has 2 heterocycles. The average molecular weight is 310 g/mol. The Kier molecular flexibility index (Phi) is 4.25. The van der Waals surface area contributed by atoms with Gasteiger partial charge in [0.1, 0.15) is 0 Å². The summed E-state index contributed by atoms with van der Waals surface area (Å²) in [5.41, 5.74) is 0. The molecule has 2 rings (SSSR count). The van der Waals surface area contributed by atoms with Gasteiger partial charge in [-0.1, -0.05) is 45.6 Å². The van der Waals surface area contributed by atoms with Gasteiger partial charge in [-0.05, 0) is 11.1 Å². The summed E-state index contributed by atoms with van der Waals surface area (Å²) >= 11 is 1.64. The third-order valence-corrected chi connectivity index (χ3v) is 10.9. The zero-order chi connectivity index (χ0) is 15.0. The molecule has 1 amide bonds. The predicted molar refractivity (Wildman–Crippen MR) is 85.2 cm³/mol. The Labute approximate surface area is 126 Å². The van der Waals surface area contributed by atoms with Crippen LogP contribution in [0.4, 0.5) is 0 Å². The van der Waals surface area contributed by atoms with Gasteiger partial charge in [0, 0.05) is 30.6 Å². The molecular weight excluding hydrogens is 286 g/mol. The third kappa shape index (κ3) is 2.91. The largest absolute Gasteiger partial charge is 0.365 e. The molecule has 1 aromatic rings. The van der Waals surface area contributed by atoms with E-state index in [-0.39, 0.29) is 5.04 Å². The Hall–Kier alpha value is -0.883. The Morgan fingerprint density at radius 1 is 1.35 bits per heavy atom. The lowest BCUT2D eigenvalue weighted by Crippen LogP contribution is -2.68. The quantitative estimate of drug-likeness (QED) is 0.371. The maximum absolute atomic E-state index is 12.1. The van der Waals surface area contributed by atoms with Crippen molar-refractivity contribution in [3.8, 4) is 0 Å². The molecule has 0 radical (unpaired) electrons. The van der Waals surface area contributed by atoms with E-state index in [9.17, 15) is 4.79 Å². The topological polar surface area (TPSA) is 46.1 Å². The fourth-order valence-electron chi connectivity index (χ4n) is 2.28. The van der Waals surface area contributed by atoms with Gasteiger partial charge < -0.3 is 4.57 Å². The van der Waals surface area contributed by atoms with Gasteiger partial charge in [-0.3, -0.25) is 4.79 Å². The van der Waals surface area contributed by atoms with E-state index in [0.717, 1.165) is 10.9 Å². The van der Waals surface area contributed by atoms with E-state index < -0.39 is 8.24 Å². The van der Waals surface area contributed by atoms with Crippen LogP contribution in [-0.4, -0.2) is 40.5 Å². The first kappa shape index (κ1) is 15.5. The highest BCUT2D eigenvalue weighted by Gasteiger charge is 2.51. The van der Waals surface area contributed by atoms with E-state index in [1.807, 2.05) is 6.07 Å². The third-order valence-electron chi connectivity index (χ3n) is 4.43. The molecule has 110 valence electrons. The maximum Gasteiger partial charge on any atom is 0.217 e. The van der Waals surface area contributed by atoms with Gasteiger partial charge in [-0.2, -0.15) is 0 Å². The van der Waals surface area contributed by atoms with Crippen LogP contribution >= 0.6 is 11.8 Å². The number of thioether (sulfide) groups is 1. The molecule has 6 heteroatoms. The minimum Gasteiger partial charge on any atom is -0.365 e. The molecule has 1 aromatic heterocycles. The number of carbonyl (C=O) groups excluding carboxylic acids is 1. The van der Waals surface area contributed by atoms with E-state index in [1.165, 1.54) is 0 Å². The van der Waals surface area contributed by atoms with E-state index in [2.05, 4.69) is 48.4 Å². The summed E-state index contributed by atoms with van der Waals surface area (Å²) in [4.78, 5) is 20.5. The SMILES string of the molecule is CC(C)(C)[Si](C)(C)N1C(=O)C[C@@H]1CSc1ncccn1. The molecule has 1 atom stereocenters. The first-order valence-corrected chi connectivity index (χ1v) is 10.9. The van der Waals surface area contributed by atoms with Crippen LogP contribution in [0.25, 0.3) is 0 Å². The van der Waals surface area contributed by atoms with E-state index in [1.54, 1.807) is 24.2 Å². The molecule has 1 fully saturated rings.